The van der Waals surface area contributed by atoms with E-state index in [9.17, 15) is 19.7 Å². The number of rotatable bonds is 3. The second kappa shape index (κ2) is 5.33. The number of halogens is 1. The molecule has 2 amide bonds. The van der Waals surface area contributed by atoms with Crippen LogP contribution in [-0.2, 0) is 4.79 Å². The van der Waals surface area contributed by atoms with Crippen LogP contribution >= 0.6 is 11.6 Å². The van der Waals surface area contributed by atoms with Gasteiger partial charge in [0.2, 0.25) is 0 Å². The summed E-state index contributed by atoms with van der Waals surface area (Å²) in [6.45, 7) is 0.210. The van der Waals surface area contributed by atoms with Crippen molar-refractivity contribution >= 4 is 35.0 Å². The van der Waals surface area contributed by atoms with Gasteiger partial charge in [0, 0.05) is 25.2 Å². The Bertz CT molecular complexity index is 585. The van der Waals surface area contributed by atoms with Crippen LogP contribution in [0.5, 0.6) is 0 Å². The Morgan fingerprint density at radius 2 is 2.10 bits per heavy atom. The topological polar surface area (TPSA) is 113 Å². The van der Waals surface area contributed by atoms with Crippen LogP contribution < -0.4 is 5.32 Å². The highest BCUT2D eigenvalue weighted by molar-refractivity contribution is 6.33. The van der Waals surface area contributed by atoms with Gasteiger partial charge in [-0.25, -0.2) is 4.79 Å². The van der Waals surface area contributed by atoms with Crippen molar-refractivity contribution in [1.82, 2.24) is 4.90 Å². The van der Waals surface area contributed by atoms with E-state index in [0.717, 1.165) is 6.07 Å². The first-order chi connectivity index (χ1) is 9.38. The third-order valence-electron chi connectivity index (χ3n) is 2.92. The van der Waals surface area contributed by atoms with E-state index in [4.69, 9.17) is 16.7 Å². The number of carboxylic acid groups (broad SMARTS) is 1. The Morgan fingerprint density at radius 1 is 1.45 bits per heavy atom. The highest BCUT2D eigenvalue weighted by Crippen LogP contribution is 2.27. The lowest BCUT2D eigenvalue weighted by atomic mass is 10.0. The van der Waals surface area contributed by atoms with E-state index in [0.29, 0.717) is 0 Å². The predicted octanol–water partition coefficient (Wildman–Crippen LogP) is 1.80. The van der Waals surface area contributed by atoms with E-state index in [1.807, 2.05) is 0 Å². The van der Waals surface area contributed by atoms with Gasteiger partial charge in [0.1, 0.15) is 0 Å². The van der Waals surface area contributed by atoms with Gasteiger partial charge in [-0.2, -0.15) is 0 Å². The van der Waals surface area contributed by atoms with Crippen molar-refractivity contribution in [3.05, 3.63) is 33.3 Å². The van der Waals surface area contributed by atoms with E-state index in [1.165, 1.54) is 17.0 Å². The number of non-ortho nitro benzene ring substituents is 1. The molecule has 1 aliphatic heterocycles. The summed E-state index contributed by atoms with van der Waals surface area (Å²) in [7, 11) is 0. The molecule has 1 saturated heterocycles. The van der Waals surface area contributed by atoms with Crippen LogP contribution in [0.1, 0.15) is 0 Å². The number of hydrogen-bond donors (Lipinski definition) is 2. The lowest BCUT2D eigenvalue weighted by Gasteiger charge is -2.36. The minimum Gasteiger partial charge on any atom is -0.481 e. The number of likely N-dealkylation sites (tertiary alicyclic amines) is 1. The maximum Gasteiger partial charge on any atom is 0.321 e. The van der Waals surface area contributed by atoms with Crippen LogP contribution in [0.15, 0.2) is 18.2 Å². The van der Waals surface area contributed by atoms with Crippen molar-refractivity contribution in [2.45, 2.75) is 0 Å². The Kier molecular flexibility index (Phi) is 3.75. The molecule has 0 radical (unpaired) electrons. The molecule has 1 aromatic carbocycles. The number of carbonyl (C=O) groups excluding carboxylic acids is 1. The zero-order valence-electron chi connectivity index (χ0n) is 10.1. The minimum atomic E-state index is -0.956. The van der Waals surface area contributed by atoms with Crippen molar-refractivity contribution in [2.75, 3.05) is 18.4 Å². The molecule has 2 N–H and O–H groups in total. The zero-order valence-corrected chi connectivity index (χ0v) is 10.8. The van der Waals surface area contributed by atoms with E-state index in [-0.39, 0.29) is 29.5 Å². The van der Waals surface area contributed by atoms with Gasteiger partial charge in [-0.3, -0.25) is 14.9 Å². The highest BCUT2D eigenvalue weighted by Gasteiger charge is 2.35. The number of carboxylic acids is 1. The molecule has 0 aromatic heterocycles. The zero-order chi connectivity index (χ0) is 14.9. The molecular formula is C11H10ClN3O5. The van der Waals surface area contributed by atoms with Crippen LogP contribution in [0, 0.1) is 16.0 Å². The summed E-state index contributed by atoms with van der Waals surface area (Å²) < 4.78 is 0. The van der Waals surface area contributed by atoms with Crippen molar-refractivity contribution in [1.29, 1.82) is 0 Å². The minimum absolute atomic E-state index is 0.105. The van der Waals surface area contributed by atoms with Gasteiger partial charge in [-0.15, -0.1) is 0 Å². The normalized spacial score (nSPS) is 14.6. The monoisotopic (exact) mass is 299 g/mol. The number of aliphatic carboxylic acids is 1. The number of nitrogens with zero attached hydrogens (tertiary/aromatic N) is 2. The van der Waals surface area contributed by atoms with E-state index in [2.05, 4.69) is 5.32 Å². The summed E-state index contributed by atoms with van der Waals surface area (Å²) in [6, 6.07) is 3.15. The second-order valence-electron chi connectivity index (χ2n) is 4.29. The van der Waals surface area contributed by atoms with Gasteiger partial charge >= 0.3 is 12.0 Å². The van der Waals surface area contributed by atoms with Crippen molar-refractivity contribution < 1.29 is 19.6 Å². The van der Waals surface area contributed by atoms with Crippen LogP contribution in [0.2, 0.25) is 5.02 Å². The van der Waals surface area contributed by atoms with Crippen LogP contribution in [-0.4, -0.2) is 40.0 Å². The van der Waals surface area contributed by atoms with Gasteiger partial charge in [0.25, 0.3) is 5.69 Å². The number of benzene rings is 1. The summed E-state index contributed by atoms with van der Waals surface area (Å²) in [6.07, 6.45) is 0. The van der Waals surface area contributed by atoms with Gasteiger partial charge < -0.3 is 15.3 Å². The summed E-state index contributed by atoms with van der Waals surface area (Å²) in [4.78, 5) is 33.7. The average molecular weight is 300 g/mol. The van der Waals surface area contributed by atoms with E-state index >= 15 is 0 Å². The van der Waals surface area contributed by atoms with Crippen molar-refractivity contribution in [2.24, 2.45) is 5.92 Å². The largest absolute Gasteiger partial charge is 0.481 e. The maximum absolute atomic E-state index is 11.8. The number of anilines is 1. The number of hydrogen-bond acceptors (Lipinski definition) is 4. The summed E-state index contributed by atoms with van der Waals surface area (Å²) >= 11 is 5.84. The molecular weight excluding hydrogens is 290 g/mol. The van der Waals surface area contributed by atoms with Crippen molar-refractivity contribution in [3.8, 4) is 0 Å². The van der Waals surface area contributed by atoms with Gasteiger partial charge in [0.15, 0.2) is 0 Å². The first kappa shape index (κ1) is 14.1. The number of urea groups is 1. The number of carbonyl (C=O) groups is 2. The molecule has 1 aromatic rings. The smallest absolute Gasteiger partial charge is 0.321 e. The summed E-state index contributed by atoms with van der Waals surface area (Å²) in [5.41, 5.74) is -0.0821. The maximum atomic E-state index is 11.8. The molecule has 0 unspecified atom stereocenters. The van der Waals surface area contributed by atoms with Gasteiger partial charge in [-0.1, -0.05) is 11.6 Å². The molecule has 0 bridgehead atoms. The quantitative estimate of drug-likeness (QED) is 0.652. The lowest BCUT2D eigenvalue weighted by Crippen LogP contribution is -2.54. The molecule has 9 heteroatoms. The Morgan fingerprint density at radius 3 is 2.65 bits per heavy atom. The standard InChI is InChI=1S/C11H10ClN3O5/c12-8-2-1-7(15(19)20)3-9(8)13-11(18)14-4-6(5-14)10(16)17/h1-3,6H,4-5H2,(H,13,18)(H,16,17). The molecule has 20 heavy (non-hydrogen) atoms. The van der Waals surface area contributed by atoms with Gasteiger partial charge in [0.05, 0.1) is 21.6 Å². The molecule has 0 saturated carbocycles. The summed E-state index contributed by atoms with van der Waals surface area (Å²) in [5.74, 6) is -1.52. The molecule has 1 fully saturated rings. The third-order valence-corrected chi connectivity index (χ3v) is 3.25. The van der Waals surface area contributed by atoms with E-state index < -0.39 is 22.8 Å². The molecule has 0 atom stereocenters. The number of amides is 2. The van der Waals surface area contributed by atoms with Crippen LogP contribution in [0.4, 0.5) is 16.2 Å². The first-order valence-electron chi connectivity index (χ1n) is 5.61. The SMILES string of the molecule is O=C(O)C1CN(C(=O)Nc2cc([N+](=O)[O-])ccc2Cl)C1. The van der Waals surface area contributed by atoms with Gasteiger partial charge in [-0.05, 0) is 6.07 Å². The fourth-order valence-corrected chi connectivity index (χ4v) is 1.88. The Balaban J connectivity index is 2.03. The molecule has 106 valence electrons. The third kappa shape index (κ3) is 2.80. The Hall–Kier alpha value is -2.35. The van der Waals surface area contributed by atoms with E-state index in [1.54, 1.807) is 0 Å². The number of nitrogens with one attached hydrogen (secondary N) is 1. The second-order valence-corrected chi connectivity index (χ2v) is 4.70. The average Bonchev–Trinajstić information content (AvgIpc) is 2.29. The van der Waals surface area contributed by atoms with Crippen molar-refractivity contribution in [3.63, 3.8) is 0 Å². The van der Waals surface area contributed by atoms with Crippen LogP contribution in [0.25, 0.3) is 0 Å². The lowest BCUT2D eigenvalue weighted by molar-refractivity contribution is -0.384. The fourth-order valence-electron chi connectivity index (χ4n) is 1.72. The highest BCUT2D eigenvalue weighted by atomic mass is 35.5. The molecule has 1 heterocycles. The number of nitro groups is 1. The fraction of sp³-hybridized carbons (Fsp3) is 0.273. The molecule has 1 aliphatic rings. The Labute approximate surface area is 118 Å². The predicted molar refractivity (Wildman–Crippen MR) is 69.8 cm³/mol. The first-order valence-corrected chi connectivity index (χ1v) is 5.99. The molecule has 2 rings (SSSR count). The van der Waals surface area contributed by atoms with Crippen LogP contribution in [0.3, 0.4) is 0 Å². The molecule has 8 nitrogen and oxygen atoms in total. The summed E-state index contributed by atoms with van der Waals surface area (Å²) in [5, 5.41) is 21.9. The molecule has 0 spiro atoms. The molecule has 0 aliphatic carbocycles. The number of nitro benzene ring substituents is 1.